The van der Waals surface area contributed by atoms with Crippen LogP contribution in [0.15, 0.2) is 36.4 Å². The Morgan fingerprint density at radius 1 is 1.04 bits per heavy atom. The number of benzene rings is 2. The van der Waals surface area contributed by atoms with Crippen molar-refractivity contribution < 1.29 is 13.5 Å². The molecule has 2 aromatic carbocycles. The summed E-state index contributed by atoms with van der Waals surface area (Å²) in [5.74, 6) is -0.665. The molecule has 1 heterocycles. The van der Waals surface area contributed by atoms with Gasteiger partial charge >= 0.3 is 0 Å². The summed E-state index contributed by atoms with van der Waals surface area (Å²) in [6.45, 7) is 0. The van der Waals surface area contributed by atoms with Crippen LogP contribution in [0, 0.1) is 11.6 Å². The molecule has 138 valence electrons. The van der Waals surface area contributed by atoms with E-state index in [4.69, 9.17) is 16.3 Å². The summed E-state index contributed by atoms with van der Waals surface area (Å²) >= 11 is 6.12. The fourth-order valence-corrected chi connectivity index (χ4v) is 3.49. The zero-order valence-corrected chi connectivity index (χ0v) is 15.5. The van der Waals surface area contributed by atoms with Crippen LogP contribution in [0.25, 0.3) is 16.6 Å². The number of hydrogen-bond acceptors (Lipinski definition) is 2. The SMILES string of the molecule is Cl.Fc1ccc(F)c(-n2nc(OC3CCCCC3)c3cc(Cl)ccc32)c1. The highest BCUT2D eigenvalue weighted by molar-refractivity contribution is 6.31. The van der Waals surface area contributed by atoms with Gasteiger partial charge in [0.1, 0.15) is 23.4 Å². The molecule has 4 rings (SSSR count). The van der Waals surface area contributed by atoms with Crippen LogP contribution in [0.3, 0.4) is 0 Å². The Kier molecular flexibility index (Phi) is 5.68. The van der Waals surface area contributed by atoms with E-state index in [-0.39, 0.29) is 24.2 Å². The molecule has 0 atom stereocenters. The van der Waals surface area contributed by atoms with Crippen molar-refractivity contribution in [1.82, 2.24) is 9.78 Å². The van der Waals surface area contributed by atoms with Crippen LogP contribution in [0.4, 0.5) is 8.78 Å². The molecule has 0 radical (unpaired) electrons. The van der Waals surface area contributed by atoms with Crippen molar-refractivity contribution in [1.29, 1.82) is 0 Å². The van der Waals surface area contributed by atoms with Crippen molar-refractivity contribution in [3.05, 3.63) is 53.1 Å². The van der Waals surface area contributed by atoms with Crippen molar-refractivity contribution in [3.8, 4) is 11.6 Å². The van der Waals surface area contributed by atoms with Crippen LogP contribution in [0.2, 0.25) is 5.02 Å². The van der Waals surface area contributed by atoms with E-state index in [1.807, 2.05) is 0 Å². The van der Waals surface area contributed by atoms with E-state index in [0.29, 0.717) is 21.8 Å². The second-order valence-electron chi connectivity index (χ2n) is 6.35. The Balaban J connectivity index is 0.00000196. The first kappa shape index (κ1) is 18.9. The molecule has 0 N–H and O–H groups in total. The first-order chi connectivity index (χ1) is 12.1. The lowest BCUT2D eigenvalue weighted by Gasteiger charge is -2.21. The van der Waals surface area contributed by atoms with Crippen LogP contribution >= 0.6 is 24.0 Å². The predicted molar refractivity (Wildman–Crippen MR) is 101 cm³/mol. The Bertz CT molecular complexity index is 923. The molecule has 1 aromatic heterocycles. The number of nitrogens with zero attached hydrogens (tertiary/aromatic N) is 2. The molecule has 3 nitrogen and oxygen atoms in total. The Labute approximate surface area is 161 Å². The average molecular weight is 399 g/mol. The second kappa shape index (κ2) is 7.80. The lowest BCUT2D eigenvalue weighted by atomic mass is 9.98. The fourth-order valence-electron chi connectivity index (χ4n) is 3.32. The summed E-state index contributed by atoms with van der Waals surface area (Å²) in [5.41, 5.74) is 0.672. The highest BCUT2D eigenvalue weighted by Gasteiger charge is 2.21. The molecule has 0 unspecified atom stereocenters. The van der Waals surface area contributed by atoms with E-state index in [0.717, 1.165) is 43.9 Å². The van der Waals surface area contributed by atoms with Gasteiger partial charge in [0.05, 0.1) is 10.9 Å². The minimum absolute atomic E-state index is 0. The smallest absolute Gasteiger partial charge is 0.241 e. The van der Waals surface area contributed by atoms with Crippen molar-refractivity contribution in [2.45, 2.75) is 38.2 Å². The zero-order valence-electron chi connectivity index (χ0n) is 13.9. The third-order valence-corrected chi connectivity index (χ3v) is 4.81. The maximum absolute atomic E-state index is 14.2. The zero-order chi connectivity index (χ0) is 17.4. The van der Waals surface area contributed by atoms with Crippen LogP contribution < -0.4 is 4.74 Å². The molecule has 3 aromatic rings. The lowest BCUT2D eigenvalue weighted by Crippen LogP contribution is -2.20. The Morgan fingerprint density at radius 3 is 2.58 bits per heavy atom. The van der Waals surface area contributed by atoms with Crippen molar-refractivity contribution >= 4 is 34.9 Å². The monoisotopic (exact) mass is 398 g/mol. The quantitative estimate of drug-likeness (QED) is 0.533. The third kappa shape index (κ3) is 3.64. The fraction of sp³-hybridized carbons (Fsp3) is 0.316. The molecule has 1 aliphatic carbocycles. The van der Waals surface area contributed by atoms with Gasteiger partial charge in [-0.05, 0) is 56.0 Å². The van der Waals surface area contributed by atoms with Crippen molar-refractivity contribution in [3.63, 3.8) is 0 Å². The third-order valence-electron chi connectivity index (χ3n) is 4.57. The molecule has 1 aliphatic rings. The second-order valence-corrected chi connectivity index (χ2v) is 6.79. The van der Waals surface area contributed by atoms with Gasteiger partial charge in [0.15, 0.2) is 0 Å². The summed E-state index contributed by atoms with van der Waals surface area (Å²) in [6.07, 6.45) is 5.52. The highest BCUT2D eigenvalue weighted by atomic mass is 35.5. The van der Waals surface area contributed by atoms with Crippen molar-refractivity contribution in [2.75, 3.05) is 0 Å². The number of rotatable bonds is 3. The topological polar surface area (TPSA) is 27.1 Å². The molecular weight excluding hydrogens is 381 g/mol. The largest absolute Gasteiger partial charge is 0.473 e. The molecule has 1 fully saturated rings. The summed E-state index contributed by atoms with van der Waals surface area (Å²) in [4.78, 5) is 0. The molecule has 0 saturated heterocycles. The lowest BCUT2D eigenvalue weighted by molar-refractivity contribution is 0.150. The number of hydrogen-bond donors (Lipinski definition) is 0. The average Bonchev–Trinajstić information content (AvgIpc) is 2.95. The Morgan fingerprint density at radius 2 is 1.81 bits per heavy atom. The van der Waals surface area contributed by atoms with Gasteiger partial charge in [0, 0.05) is 11.1 Å². The molecule has 0 aliphatic heterocycles. The maximum atomic E-state index is 14.2. The summed E-state index contributed by atoms with van der Waals surface area (Å²) in [5, 5.41) is 5.66. The minimum atomic E-state index is -0.551. The molecule has 0 amide bonds. The van der Waals surface area contributed by atoms with Gasteiger partial charge in [-0.15, -0.1) is 17.5 Å². The van der Waals surface area contributed by atoms with Crippen LogP contribution in [-0.4, -0.2) is 15.9 Å². The number of aromatic nitrogens is 2. The molecule has 26 heavy (non-hydrogen) atoms. The van der Waals surface area contributed by atoms with Gasteiger partial charge in [-0.1, -0.05) is 18.0 Å². The standard InChI is InChI=1S/C19H17ClF2N2O.ClH/c20-12-6-9-17-15(10-12)19(25-14-4-2-1-3-5-14)23-24(17)18-11-13(21)7-8-16(18)22;/h6-11,14H,1-5H2;1H. The van der Waals surface area contributed by atoms with Crippen LogP contribution in [0.1, 0.15) is 32.1 Å². The molecule has 7 heteroatoms. The van der Waals surface area contributed by atoms with Gasteiger partial charge in [0.2, 0.25) is 5.88 Å². The normalized spacial score (nSPS) is 15.0. The van der Waals surface area contributed by atoms with Gasteiger partial charge in [-0.2, -0.15) is 0 Å². The van der Waals surface area contributed by atoms with E-state index >= 15 is 0 Å². The van der Waals surface area contributed by atoms with Gasteiger partial charge in [-0.3, -0.25) is 0 Å². The molecule has 1 saturated carbocycles. The van der Waals surface area contributed by atoms with E-state index in [1.54, 1.807) is 18.2 Å². The number of fused-ring (bicyclic) bond motifs is 1. The van der Waals surface area contributed by atoms with Crippen LogP contribution in [-0.2, 0) is 0 Å². The molecule has 0 bridgehead atoms. The van der Waals surface area contributed by atoms with Crippen LogP contribution in [0.5, 0.6) is 5.88 Å². The van der Waals surface area contributed by atoms with Gasteiger partial charge < -0.3 is 4.74 Å². The first-order valence-corrected chi connectivity index (χ1v) is 8.80. The first-order valence-electron chi connectivity index (χ1n) is 8.42. The summed E-state index contributed by atoms with van der Waals surface area (Å²) in [7, 11) is 0. The number of ether oxygens (including phenoxy) is 1. The van der Waals surface area contributed by atoms with E-state index in [9.17, 15) is 8.78 Å². The van der Waals surface area contributed by atoms with Crippen molar-refractivity contribution in [2.24, 2.45) is 0 Å². The maximum Gasteiger partial charge on any atom is 0.241 e. The summed E-state index contributed by atoms with van der Waals surface area (Å²) in [6, 6.07) is 8.49. The van der Waals surface area contributed by atoms with E-state index < -0.39 is 11.6 Å². The number of halogens is 4. The molecule has 0 spiro atoms. The predicted octanol–water partition coefficient (Wildman–Crippen LogP) is 6.09. The van der Waals surface area contributed by atoms with Gasteiger partial charge in [0.25, 0.3) is 0 Å². The minimum Gasteiger partial charge on any atom is -0.473 e. The summed E-state index contributed by atoms with van der Waals surface area (Å²) < 4.78 is 35.3. The van der Waals surface area contributed by atoms with E-state index in [1.165, 1.54) is 11.1 Å². The van der Waals surface area contributed by atoms with E-state index in [2.05, 4.69) is 5.10 Å². The Hall–Kier alpha value is -1.85. The van der Waals surface area contributed by atoms with Gasteiger partial charge in [-0.25, -0.2) is 13.5 Å². The molecular formula is C19H18Cl2F2N2O. The highest BCUT2D eigenvalue weighted by Crippen LogP contribution is 2.33.